The van der Waals surface area contributed by atoms with Crippen molar-refractivity contribution < 1.29 is 13.2 Å². The minimum atomic E-state index is -0.594. The van der Waals surface area contributed by atoms with E-state index in [1.165, 1.54) is 11.6 Å². The van der Waals surface area contributed by atoms with Crippen molar-refractivity contribution in [2.75, 3.05) is 0 Å². The first kappa shape index (κ1) is 26.1. The number of furan rings is 1. The van der Waals surface area contributed by atoms with Crippen molar-refractivity contribution in [3.8, 4) is 33.5 Å². The monoisotopic (exact) mass is 523 g/mol. The summed E-state index contributed by atoms with van der Waals surface area (Å²) in [4.78, 5) is 4.51. The first-order chi connectivity index (χ1) is 19.0. The van der Waals surface area contributed by atoms with Gasteiger partial charge in [-0.2, -0.15) is 0 Å². The number of halogens is 2. The van der Waals surface area contributed by atoms with Gasteiger partial charge in [0.25, 0.3) is 0 Å². The van der Waals surface area contributed by atoms with Crippen molar-refractivity contribution in [3.63, 3.8) is 0 Å². The number of aryl methyl sites for hydroxylation is 1. The Labute approximate surface area is 234 Å². The summed E-state index contributed by atoms with van der Waals surface area (Å²) in [5.41, 5.74) is 5.48. The zero-order chi connectivity index (χ0) is 28.3. The van der Waals surface area contributed by atoms with Crippen LogP contribution in [-0.4, -0.2) is 20.7 Å². The fraction of sp³-hybridized carbons (Fsp3) is 0.147. The predicted octanol–water partition coefficient (Wildman–Crippen LogP) is 7.45. The van der Waals surface area contributed by atoms with Crippen molar-refractivity contribution in [2.45, 2.75) is 33.1 Å². The van der Waals surface area contributed by atoms with E-state index in [-0.39, 0.29) is 22.3 Å². The molecule has 6 aromatic rings. The molecule has 0 N–H and O–H groups in total. The molecule has 2 aromatic heterocycles. The molecular weight excluding hydrogens is 498 g/mol. The predicted molar refractivity (Wildman–Crippen MR) is 162 cm³/mol. The van der Waals surface area contributed by atoms with Gasteiger partial charge in [-0.25, -0.2) is 8.78 Å². The van der Waals surface area contributed by atoms with Crippen molar-refractivity contribution in [1.29, 1.82) is 0 Å². The van der Waals surface area contributed by atoms with Gasteiger partial charge >= 0.3 is 0 Å². The molecule has 0 unspecified atom stereocenters. The van der Waals surface area contributed by atoms with Crippen LogP contribution in [0.2, 0.25) is 0 Å². The Bertz CT molecular complexity index is 1920. The van der Waals surface area contributed by atoms with Crippen LogP contribution < -0.4 is 11.1 Å². The van der Waals surface area contributed by atoms with E-state index in [9.17, 15) is 0 Å². The molecule has 0 amide bonds. The zero-order valence-corrected chi connectivity index (χ0v) is 22.8. The zero-order valence-electron chi connectivity index (χ0n) is 22.8. The first-order valence-electron chi connectivity index (χ1n) is 13.1. The molecule has 0 aliphatic rings. The van der Waals surface area contributed by atoms with Gasteiger partial charge in [0.05, 0.1) is 11.3 Å². The SMILES string of the molecule is [B]c1nc(-c2cccc3c2oc2c(-c4ccc(-c5ccc(C)cc5)cc4)c(F)ccc23)c([B])c(F)c1C(C)(C)C. The van der Waals surface area contributed by atoms with Crippen LogP contribution in [0.5, 0.6) is 0 Å². The maximum absolute atomic E-state index is 15.5. The number of pyridine rings is 1. The molecule has 40 heavy (non-hydrogen) atoms. The van der Waals surface area contributed by atoms with Gasteiger partial charge in [-0.3, -0.25) is 4.98 Å². The number of para-hydroxylation sites is 1. The highest BCUT2D eigenvalue weighted by Gasteiger charge is 2.26. The number of benzene rings is 4. The number of fused-ring (bicyclic) bond motifs is 3. The topological polar surface area (TPSA) is 26.0 Å². The van der Waals surface area contributed by atoms with Gasteiger partial charge in [-0.1, -0.05) is 87.0 Å². The molecule has 0 bridgehead atoms. The van der Waals surface area contributed by atoms with Crippen LogP contribution in [-0.2, 0) is 5.41 Å². The van der Waals surface area contributed by atoms with E-state index in [2.05, 4.69) is 29.2 Å². The molecule has 0 aliphatic carbocycles. The molecule has 4 aromatic carbocycles. The van der Waals surface area contributed by atoms with Crippen LogP contribution in [0.15, 0.2) is 83.3 Å². The third-order valence-electron chi connectivity index (χ3n) is 7.38. The molecule has 0 aliphatic heterocycles. The Morgan fingerprint density at radius 3 is 1.98 bits per heavy atom. The quantitative estimate of drug-likeness (QED) is 0.225. The Morgan fingerprint density at radius 2 is 1.32 bits per heavy atom. The summed E-state index contributed by atoms with van der Waals surface area (Å²) in [5.74, 6) is -0.998. The summed E-state index contributed by atoms with van der Waals surface area (Å²) >= 11 is 0. The number of aromatic nitrogens is 1. The fourth-order valence-electron chi connectivity index (χ4n) is 5.38. The highest BCUT2D eigenvalue weighted by molar-refractivity contribution is 6.38. The summed E-state index contributed by atoms with van der Waals surface area (Å²) in [5, 5.41) is 1.47. The van der Waals surface area contributed by atoms with Gasteiger partial charge in [-0.15, -0.1) is 0 Å². The Hall–Kier alpha value is -4.18. The highest BCUT2D eigenvalue weighted by atomic mass is 19.1. The van der Waals surface area contributed by atoms with E-state index in [1.54, 1.807) is 12.1 Å². The van der Waals surface area contributed by atoms with Crippen molar-refractivity contribution in [1.82, 2.24) is 4.98 Å². The van der Waals surface area contributed by atoms with E-state index in [0.717, 1.165) is 21.9 Å². The van der Waals surface area contributed by atoms with Crippen LogP contribution in [0.4, 0.5) is 8.78 Å². The van der Waals surface area contributed by atoms with E-state index >= 15 is 8.78 Å². The number of hydrogen-bond donors (Lipinski definition) is 0. The fourth-order valence-corrected chi connectivity index (χ4v) is 5.38. The lowest BCUT2D eigenvalue weighted by Crippen LogP contribution is -2.34. The lowest BCUT2D eigenvalue weighted by Gasteiger charge is -2.24. The Balaban J connectivity index is 1.53. The van der Waals surface area contributed by atoms with Crippen molar-refractivity contribution in [2.24, 2.45) is 0 Å². The van der Waals surface area contributed by atoms with Gasteiger partial charge in [0.2, 0.25) is 0 Å². The molecule has 192 valence electrons. The summed E-state index contributed by atoms with van der Waals surface area (Å²) < 4.78 is 37.3. The van der Waals surface area contributed by atoms with Crippen molar-refractivity contribution in [3.05, 3.63) is 102 Å². The number of rotatable bonds is 3. The second-order valence-electron chi connectivity index (χ2n) is 11.2. The van der Waals surface area contributed by atoms with Gasteiger partial charge < -0.3 is 4.42 Å². The second kappa shape index (κ2) is 9.48. The summed E-state index contributed by atoms with van der Waals surface area (Å²) in [6, 6.07) is 24.6. The number of hydrogen-bond acceptors (Lipinski definition) is 2. The molecule has 0 saturated heterocycles. The number of nitrogens with zero attached hydrogens (tertiary/aromatic N) is 1. The molecule has 6 heteroatoms. The van der Waals surface area contributed by atoms with E-state index in [0.29, 0.717) is 27.9 Å². The maximum Gasteiger partial charge on any atom is 0.146 e. The standard InChI is InChI=1S/C34H25B2F2NO/c1-18-8-10-19(11-9-18)20-12-14-21(15-13-20)26-25(37)17-16-23-22-6-5-7-24(31(22)40-32(23)26)30-28(35)29(38)27(33(36)39-30)34(2,3)4/h5-17H,1-4H3. The van der Waals surface area contributed by atoms with E-state index in [4.69, 9.17) is 20.1 Å². The van der Waals surface area contributed by atoms with Gasteiger partial charge in [0.15, 0.2) is 0 Å². The van der Waals surface area contributed by atoms with Gasteiger partial charge in [-0.05, 0) is 58.3 Å². The summed E-state index contributed by atoms with van der Waals surface area (Å²) in [6.45, 7) is 7.61. The average molecular weight is 523 g/mol. The van der Waals surface area contributed by atoms with Crippen LogP contribution in [0.1, 0.15) is 31.9 Å². The van der Waals surface area contributed by atoms with Gasteiger partial charge in [0.1, 0.15) is 38.5 Å². The Kier molecular flexibility index (Phi) is 6.18. The molecule has 0 spiro atoms. The molecule has 4 radical (unpaired) electrons. The largest absolute Gasteiger partial charge is 0.455 e. The normalized spacial score (nSPS) is 11.9. The highest BCUT2D eigenvalue weighted by Crippen LogP contribution is 2.41. The maximum atomic E-state index is 15.5. The van der Waals surface area contributed by atoms with Gasteiger partial charge in [0, 0.05) is 21.9 Å². The smallest absolute Gasteiger partial charge is 0.146 e. The van der Waals surface area contributed by atoms with E-state index in [1.807, 2.05) is 64.1 Å². The molecule has 0 fully saturated rings. The first-order valence-corrected chi connectivity index (χ1v) is 13.1. The Morgan fingerprint density at radius 1 is 0.725 bits per heavy atom. The molecular formula is C34H25B2F2NO. The minimum Gasteiger partial charge on any atom is -0.455 e. The summed E-state index contributed by atoms with van der Waals surface area (Å²) in [6.07, 6.45) is 0. The van der Waals surface area contributed by atoms with Crippen LogP contribution in [0.3, 0.4) is 0 Å². The lowest BCUT2D eigenvalue weighted by molar-refractivity contribution is 0.529. The summed E-state index contributed by atoms with van der Waals surface area (Å²) in [7, 11) is 12.5. The molecule has 2 heterocycles. The lowest BCUT2D eigenvalue weighted by atomic mass is 9.76. The average Bonchev–Trinajstić information content (AvgIpc) is 3.29. The van der Waals surface area contributed by atoms with Crippen LogP contribution >= 0.6 is 0 Å². The molecule has 0 atom stereocenters. The second-order valence-corrected chi connectivity index (χ2v) is 11.2. The third-order valence-corrected chi connectivity index (χ3v) is 7.38. The molecule has 6 rings (SSSR count). The minimum absolute atomic E-state index is 0.0720. The van der Waals surface area contributed by atoms with E-state index < -0.39 is 17.0 Å². The molecule has 2 nitrogen and oxygen atoms in total. The third kappa shape index (κ3) is 4.23. The van der Waals surface area contributed by atoms with Crippen molar-refractivity contribution >= 4 is 48.7 Å². The van der Waals surface area contributed by atoms with Crippen LogP contribution in [0, 0.1) is 18.6 Å². The van der Waals surface area contributed by atoms with Crippen LogP contribution in [0.25, 0.3) is 55.4 Å². The molecule has 0 saturated carbocycles.